The molecule has 1 aliphatic rings. The first-order chi connectivity index (χ1) is 10.2. The van der Waals surface area contributed by atoms with Gasteiger partial charge in [0.1, 0.15) is 0 Å². The van der Waals surface area contributed by atoms with Crippen molar-refractivity contribution in [3.05, 3.63) is 36.2 Å². The second kappa shape index (κ2) is 6.52. The summed E-state index contributed by atoms with van der Waals surface area (Å²) in [5.41, 5.74) is 2.20. The van der Waals surface area contributed by atoms with Crippen LogP contribution in [-0.2, 0) is 0 Å². The van der Waals surface area contributed by atoms with E-state index in [1.807, 2.05) is 6.07 Å². The van der Waals surface area contributed by atoms with Crippen LogP contribution in [0.4, 0.5) is 0 Å². The minimum absolute atomic E-state index is 0.0344. The zero-order valence-corrected chi connectivity index (χ0v) is 13.3. The lowest BCUT2D eigenvalue weighted by atomic mass is 9.89. The van der Waals surface area contributed by atoms with Gasteiger partial charge in [-0.15, -0.1) is 0 Å². The molecule has 1 aliphatic carbocycles. The van der Waals surface area contributed by atoms with Gasteiger partial charge < -0.3 is 5.32 Å². The van der Waals surface area contributed by atoms with Crippen molar-refractivity contribution in [2.75, 3.05) is 6.54 Å². The Morgan fingerprint density at radius 3 is 2.76 bits per heavy atom. The predicted molar refractivity (Wildman–Crippen MR) is 86.5 cm³/mol. The molecule has 1 aromatic carbocycles. The van der Waals surface area contributed by atoms with E-state index in [0.29, 0.717) is 16.3 Å². The van der Waals surface area contributed by atoms with Crippen molar-refractivity contribution in [3.63, 3.8) is 0 Å². The molecule has 1 heterocycles. The number of fused-ring (bicyclic) bond motifs is 1. The Morgan fingerprint density at radius 2 is 1.95 bits per heavy atom. The fourth-order valence-electron chi connectivity index (χ4n) is 2.82. The number of rotatable bonds is 3. The molecular weight excluding hydrogens is 330 g/mol. The van der Waals surface area contributed by atoms with Crippen LogP contribution in [0.5, 0.6) is 0 Å². The van der Waals surface area contributed by atoms with Crippen LogP contribution in [0.15, 0.2) is 30.6 Å². The molecular formula is C16H18BrN3O. The van der Waals surface area contributed by atoms with Gasteiger partial charge in [0.15, 0.2) is 0 Å². The molecule has 0 saturated heterocycles. The van der Waals surface area contributed by atoms with E-state index in [4.69, 9.17) is 0 Å². The quantitative estimate of drug-likeness (QED) is 0.866. The van der Waals surface area contributed by atoms with Crippen LogP contribution in [0.2, 0.25) is 0 Å². The molecule has 2 unspecified atom stereocenters. The first kappa shape index (κ1) is 14.4. The lowest BCUT2D eigenvalue weighted by Crippen LogP contribution is -2.34. The topological polar surface area (TPSA) is 54.9 Å². The van der Waals surface area contributed by atoms with Gasteiger partial charge in [0, 0.05) is 29.3 Å². The molecule has 110 valence electrons. The number of carbonyl (C=O) groups is 1. The summed E-state index contributed by atoms with van der Waals surface area (Å²) in [6.07, 6.45) is 8.21. The number of halogens is 1. The molecule has 0 aliphatic heterocycles. The number of aromatic nitrogens is 2. The standard InChI is InChI=1S/C16H18BrN3O/c17-13-4-2-1-3-12(13)10-20-16(21)11-5-6-14-15(9-11)19-8-7-18-14/h5-9,12-13H,1-4,10H2,(H,20,21). The average Bonchev–Trinajstić information content (AvgIpc) is 2.53. The Labute approximate surface area is 132 Å². The molecule has 0 spiro atoms. The average molecular weight is 348 g/mol. The fourth-order valence-corrected chi connectivity index (χ4v) is 3.60. The molecule has 2 atom stereocenters. The van der Waals surface area contributed by atoms with Crippen molar-refractivity contribution >= 4 is 32.9 Å². The molecule has 0 bridgehead atoms. The third-order valence-corrected chi connectivity index (χ3v) is 5.28. The number of amides is 1. The Bertz CT molecular complexity index is 646. The minimum Gasteiger partial charge on any atom is -0.352 e. The van der Waals surface area contributed by atoms with Crippen LogP contribution in [0.25, 0.3) is 11.0 Å². The van der Waals surface area contributed by atoms with E-state index < -0.39 is 0 Å². The maximum absolute atomic E-state index is 12.3. The van der Waals surface area contributed by atoms with E-state index in [2.05, 4.69) is 31.2 Å². The third-order valence-electron chi connectivity index (χ3n) is 4.07. The number of hydrogen-bond donors (Lipinski definition) is 1. The predicted octanol–water partition coefficient (Wildman–Crippen LogP) is 3.31. The summed E-state index contributed by atoms with van der Waals surface area (Å²) < 4.78 is 0. The summed E-state index contributed by atoms with van der Waals surface area (Å²) in [7, 11) is 0. The van der Waals surface area contributed by atoms with Crippen LogP contribution >= 0.6 is 15.9 Å². The van der Waals surface area contributed by atoms with Gasteiger partial charge in [-0.2, -0.15) is 0 Å². The molecule has 1 aromatic heterocycles. The van der Waals surface area contributed by atoms with Gasteiger partial charge >= 0.3 is 0 Å². The molecule has 1 saturated carbocycles. The van der Waals surface area contributed by atoms with Crippen molar-refractivity contribution in [3.8, 4) is 0 Å². The highest BCUT2D eigenvalue weighted by Gasteiger charge is 2.23. The van der Waals surface area contributed by atoms with Gasteiger partial charge in [0.25, 0.3) is 5.91 Å². The fraction of sp³-hybridized carbons (Fsp3) is 0.438. The van der Waals surface area contributed by atoms with Crippen molar-refractivity contribution in [2.24, 2.45) is 5.92 Å². The van der Waals surface area contributed by atoms with Crippen LogP contribution in [0.3, 0.4) is 0 Å². The van der Waals surface area contributed by atoms with Gasteiger partial charge in [-0.3, -0.25) is 14.8 Å². The number of benzene rings is 1. The molecule has 4 nitrogen and oxygen atoms in total. The van der Waals surface area contributed by atoms with Crippen molar-refractivity contribution in [2.45, 2.75) is 30.5 Å². The largest absolute Gasteiger partial charge is 0.352 e. The van der Waals surface area contributed by atoms with Gasteiger partial charge in [-0.1, -0.05) is 28.8 Å². The molecule has 21 heavy (non-hydrogen) atoms. The molecule has 1 fully saturated rings. The maximum Gasteiger partial charge on any atom is 0.251 e. The summed E-state index contributed by atoms with van der Waals surface area (Å²) in [4.78, 5) is 21.2. The van der Waals surface area contributed by atoms with Crippen LogP contribution in [-0.4, -0.2) is 27.2 Å². The Hall–Kier alpha value is -1.49. The lowest BCUT2D eigenvalue weighted by molar-refractivity contribution is 0.0944. The van der Waals surface area contributed by atoms with E-state index in [0.717, 1.165) is 17.6 Å². The number of nitrogens with zero attached hydrogens (tertiary/aromatic N) is 2. The van der Waals surface area contributed by atoms with Crippen molar-refractivity contribution < 1.29 is 4.79 Å². The SMILES string of the molecule is O=C(NCC1CCCCC1Br)c1ccc2nccnc2c1. The lowest BCUT2D eigenvalue weighted by Gasteiger charge is -2.27. The second-order valence-corrected chi connectivity index (χ2v) is 6.71. The first-order valence-corrected chi connectivity index (χ1v) is 8.28. The second-order valence-electron chi connectivity index (χ2n) is 5.53. The van der Waals surface area contributed by atoms with Crippen LogP contribution in [0, 0.1) is 5.92 Å². The van der Waals surface area contributed by atoms with Gasteiger partial charge in [0.2, 0.25) is 0 Å². The zero-order chi connectivity index (χ0) is 14.7. The summed E-state index contributed by atoms with van der Waals surface area (Å²) in [5.74, 6) is 0.496. The Morgan fingerprint density at radius 1 is 1.19 bits per heavy atom. The number of hydrogen-bond acceptors (Lipinski definition) is 3. The highest BCUT2D eigenvalue weighted by atomic mass is 79.9. The first-order valence-electron chi connectivity index (χ1n) is 7.37. The number of nitrogens with one attached hydrogen (secondary N) is 1. The number of alkyl halides is 1. The molecule has 2 aromatic rings. The van der Waals surface area contributed by atoms with Gasteiger partial charge in [-0.05, 0) is 37.0 Å². The summed E-state index contributed by atoms with van der Waals surface area (Å²) >= 11 is 3.72. The molecule has 5 heteroatoms. The van der Waals surface area contributed by atoms with E-state index in [-0.39, 0.29) is 5.91 Å². The molecule has 0 radical (unpaired) electrons. The minimum atomic E-state index is -0.0344. The summed E-state index contributed by atoms with van der Waals surface area (Å²) in [5, 5.41) is 3.05. The van der Waals surface area contributed by atoms with Crippen LogP contribution in [0.1, 0.15) is 36.0 Å². The van der Waals surface area contributed by atoms with Gasteiger partial charge in [0.05, 0.1) is 11.0 Å². The Kier molecular flexibility index (Phi) is 4.48. The highest BCUT2D eigenvalue weighted by molar-refractivity contribution is 9.09. The van der Waals surface area contributed by atoms with Crippen molar-refractivity contribution in [1.29, 1.82) is 0 Å². The smallest absolute Gasteiger partial charge is 0.251 e. The molecule has 1 N–H and O–H groups in total. The normalized spacial score (nSPS) is 22.1. The molecule has 1 amide bonds. The summed E-state index contributed by atoms with van der Waals surface area (Å²) in [6.45, 7) is 0.729. The van der Waals surface area contributed by atoms with E-state index in [1.165, 1.54) is 25.7 Å². The van der Waals surface area contributed by atoms with E-state index >= 15 is 0 Å². The zero-order valence-electron chi connectivity index (χ0n) is 11.8. The Balaban J connectivity index is 1.66. The highest BCUT2D eigenvalue weighted by Crippen LogP contribution is 2.29. The van der Waals surface area contributed by atoms with Crippen LogP contribution < -0.4 is 5.32 Å². The molecule has 3 rings (SSSR count). The third kappa shape index (κ3) is 3.40. The van der Waals surface area contributed by atoms with E-state index in [9.17, 15) is 4.79 Å². The maximum atomic E-state index is 12.3. The monoisotopic (exact) mass is 347 g/mol. The summed E-state index contributed by atoms with van der Waals surface area (Å²) in [6, 6.07) is 5.44. The van der Waals surface area contributed by atoms with Gasteiger partial charge in [-0.25, -0.2) is 0 Å². The number of carbonyl (C=O) groups excluding carboxylic acids is 1. The van der Waals surface area contributed by atoms with Crippen molar-refractivity contribution in [1.82, 2.24) is 15.3 Å². The van der Waals surface area contributed by atoms with E-state index in [1.54, 1.807) is 24.5 Å².